The molecule has 2 aromatic rings. The highest BCUT2D eigenvalue weighted by atomic mass is 16.6. The molecule has 0 bridgehead atoms. The molecule has 0 aromatic heterocycles. The van der Waals surface area contributed by atoms with Crippen LogP contribution in [0.3, 0.4) is 0 Å². The van der Waals surface area contributed by atoms with Gasteiger partial charge in [0, 0.05) is 31.7 Å². The van der Waals surface area contributed by atoms with Crippen LogP contribution in [-0.2, 0) is 4.84 Å². The Morgan fingerprint density at radius 3 is 2.76 bits per heavy atom. The van der Waals surface area contributed by atoms with Crippen LogP contribution in [-0.4, -0.2) is 78.9 Å². The van der Waals surface area contributed by atoms with Gasteiger partial charge in [-0.05, 0) is 49.7 Å². The number of nitrogens with zero attached hydrogens (tertiary/aromatic N) is 4. The van der Waals surface area contributed by atoms with Gasteiger partial charge in [-0.25, -0.2) is 0 Å². The zero-order valence-electron chi connectivity index (χ0n) is 19.6. The summed E-state index contributed by atoms with van der Waals surface area (Å²) < 4.78 is 6.04. The number of ether oxygens (including phenoxy) is 1. The van der Waals surface area contributed by atoms with Crippen molar-refractivity contribution in [1.29, 1.82) is 0 Å². The van der Waals surface area contributed by atoms with Crippen molar-refractivity contribution < 1.29 is 14.8 Å². The first kappa shape index (κ1) is 22.6. The number of rotatable bonds is 6. The summed E-state index contributed by atoms with van der Waals surface area (Å²) in [6, 6.07) is 16.3. The van der Waals surface area contributed by atoms with Gasteiger partial charge in [-0.2, -0.15) is 0 Å². The number of benzene rings is 2. The zero-order chi connectivity index (χ0) is 23.3. The molecule has 1 N–H and O–H groups in total. The maximum atomic E-state index is 8.78. The smallest absolute Gasteiger partial charge is 0.151 e. The minimum Gasteiger partial charge on any atom is -0.492 e. The van der Waals surface area contributed by atoms with Crippen molar-refractivity contribution in [2.24, 2.45) is 16.2 Å². The minimum absolute atomic E-state index is 0.00749. The van der Waals surface area contributed by atoms with E-state index in [-0.39, 0.29) is 12.0 Å². The summed E-state index contributed by atoms with van der Waals surface area (Å²) in [5.74, 6) is 0.904. The Kier molecular flexibility index (Phi) is 6.92. The first-order chi connectivity index (χ1) is 16.7. The normalized spacial score (nSPS) is 23.6. The van der Waals surface area contributed by atoms with Gasteiger partial charge in [0.05, 0.1) is 12.1 Å². The van der Waals surface area contributed by atoms with E-state index < -0.39 is 0 Å². The minimum atomic E-state index is 0.00749. The van der Waals surface area contributed by atoms with Crippen molar-refractivity contribution in [2.75, 3.05) is 45.9 Å². The van der Waals surface area contributed by atoms with Gasteiger partial charge in [-0.3, -0.25) is 9.80 Å². The number of hydrogen-bond acceptors (Lipinski definition) is 7. The predicted octanol–water partition coefficient (Wildman–Crippen LogP) is 3.72. The second-order valence-electron chi connectivity index (χ2n) is 9.37. The maximum absolute atomic E-state index is 8.78. The lowest BCUT2D eigenvalue weighted by molar-refractivity contribution is 0.0223. The molecular weight excluding hydrogens is 428 g/mol. The Hall–Kier alpha value is -3.16. The lowest BCUT2D eigenvalue weighted by atomic mass is 9.89. The van der Waals surface area contributed by atoms with Crippen LogP contribution in [0.1, 0.15) is 30.0 Å². The molecule has 0 saturated carbocycles. The molecule has 3 heterocycles. The van der Waals surface area contributed by atoms with E-state index in [1.54, 1.807) is 0 Å². The molecule has 34 heavy (non-hydrogen) atoms. The fraction of sp³-hybridized carbons (Fsp3) is 0.407. The van der Waals surface area contributed by atoms with Crippen LogP contribution in [0.5, 0.6) is 5.75 Å². The fourth-order valence-electron chi connectivity index (χ4n) is 5.09. The van der Waals surface area contributed by atoms with Gasteiger partial charge in [0.2, 0.25) is 0 Å². The van der Waals surface area contributed by atoms with Gasteiger partial charge in [0.25, 0.3) is 0 Å². The fourth-order valence-corrected chi connectivity index (χ4v) is 5.09. The summed E-state index contributed by atoms with van der Waals surface area (Å²) in [4.78, 5) is 11.0. The van der Waals surface area contributed by atoms with Crippen molar-refractivity contribution >= 4 is 18.0 Å². The molecule has 1 fully saturated rings. The van der Waals surface area contributed by atoms with Gasteiger partial charge in [-0.15, -0.1) is 0 Å². The van der Waals surface area contributed by atoms with Crippen LogP contribution < -0.4 is 4.74 Å². The van der Waals surface area contributed by atoms with E-state index in [1.165, 1.54) is 17.4 Å². The summed E-state index contributed by atoms with van der Waals surface area (Å²) in [5, 5.41) is 16.3. The van der Waals surface area contributed by atoms with Crippen LogP contribution >= 0.6 is 0 Å². The van der Waals surface area contributed by atoms with Gasteiger partial charge < -0.3 is 14.8 Å². The molecule has 5 rings (SSSR count). The zero-order valence-corrected chi connectivity index (χ0v) is 19.6. The van der Waals surface area contributed by atoms with Crippen LogP contribution in [0.15, 0.2) is 64.4 Å². The van der Waals surface area contributed by atoms with Crippen LogP contribution in [0.4, 0.5) is 0 Å². The topological polar surface area (TPSA) is 69.9 Å². The summed E-state index contributed by atoms with van der Waals surface area (Å²) in [5.41, 5.74) is 5.38. The second kappa shape index (κ2) is 10.4. The van der Waals surface area contributed by atoms with Gasteiger partial charge in [0.15, 0.2) is 6.10 Å². The molecule has 0 amide bonds. The van der Waals surface area contributed by atoms with Gasteiger partial charge >= 0.3 is 0 Å². The Bertz CT molecular complexity index is 1080. The SMILES string of the molecule is C/C(=C\c1ccccc1)CN1CCCN(CC2ON=C3c4ccc(/C=N\O)cc4OCC32)CC1. The Morgan fingerprint density at radius 2 is 1.91 bits per heavy atom. The lowest BCUT2D eigenvalue weighted by Crippen LogP contribution is -2.42. The largest absolute Gasteiger partial charge is 0.492 e. The summed E-state index contributed by atoms with van der Waals surface area (Å²) in [6.07, 6.45) is 4.84. The van der Waals surface area contributed by atoms with E-state index in [0.717, 1.165) is 68.3 Å². The molecule has 0 radical (unpaired) electrons. The van der Waals surface area contributed by atoms with Crippen LogP contribution in [0.25, 0.3) is 6.08 Å². The number of oxime groups is 2. The maximum Gasteiger partial charge on any atom is 0.151 e. The van der Waals surface area contributed by atoms with Crippen molar-refractivity contribution in [2.45, 2.75) is 19.4 Å². The summed E-state index contributed by atoms with van der Waals surface area (Å²) in [6.45, 7) is 8.91. The van der Waals surface area contributed by atoms with Gasteiger partial charge in [-0.1, -0.05) is 58.4 Å². The predicted molar refractivity (Wildman–Crippen MR) is 134 cm³/mol. The Morgan fingerprint density at radius 1 is 1.09 bits per heavy atom. The van der Waals surface area contributed by atoms with E-state index in [2.05, 4.69) is 63.4 Å². The molecule has 2 aromatic carbocycles. The standard InChI is InChI=1S/C27H32N4O3/c1-20(14-21-6-3-2-4-7-21)17-30-10-5-11-31(13-12-30)18-26-24-19-33-25-15-22(16-28-32)8-9-23(25)27(24)29-34-26/h2-4,6-9,14-16,24,26,32H,5,10-13,17-19H2,1H3/b20-14+,28-16-. The molecular formula is C27H32N4O3. The quantitative estimate of drug-likeness (QED) is 0.404. The highest BCUT2D eigenvalue weighted by Crippen LogP contribution is 2.34. The van der Waals surface area contributed by atoms with E-state index >= 15 is 0 Å². The van der Waals surface area contributed by atoms with E-state index in [1.807, 2.05) is 18.2 Å². The molecule has 2 atom stereocenters. The first-order valence-electron chi connectivity index (χ1n) is 12.0. The Labute approximate surface area is 200 Å². The van der Waals surface area contributed by atoms with Crippen LogP contribution in [0.2, 0.25) is 0 Å². The molecule has 0 aliphatic carbocycles. The third-order valence-electron chi connectivity index (χ3n) is 6.80. The highest BCUT2D eigenvalue weighted by Gasteiger charge is 2.40. The third kappa shape index (κ3) is 5.16. The first-order valence-corrected chi connectivity index (χ1v) is 12.0. The van der Waals surface area contributed by atoms with Crippen molar-refractivity contribution in [3.05, 3.63) is 70.8 Å². The van der Waals surface area contributed by atoms with E-state index in [0.29, 0.717) is 6.61 Å². The molecule has 7 heteroatoms. The van der Waals surface area contributed by atoms with Crippen molar-refractivity contribution in [1.82, 2.24) is 9.80 Å². The second-order valence-corrected chi connectivity index (χ2v) is 9.37. The molecule has 2 unspecified atom stereocenters. The average molecular weight is 461 g/mol. The number of hydrogen-bond donors (Lipinski definition) is 1. The molecule has 7 nitrogen and oxygen atoms in total. The molecule has 3 aliphatic heterocycles. The molecule has 0 spiro atoms. The van der Waals surface area contributed by atoms with Crippen LogP contribution in [0, 0.1) is 5.92 Å². The monoisotopic (exact) mass is 460 g/mol. The molecule has 1 saturated heterocycles. The Balaban J connectivity index is 1.15. The highest BCUT2D eigenvalue weighted by molar-refractivity contribution is 6.06. The molecule has 178 valence electrons. The summed E-state index contributed by atoms with van der Waals surface area (Å²) in [7, 11) is 0. The van der Waals surface area contributed by atoms with Gasteiger partial charge in [0.1, 0.15) is 18.1 Å². The average Bonchev–Trinajstić information content (AvgIpc) is 3.12. The van der Waals surface area contributed by atoms with E-state index in [4.69, 9.17) is 14.8 Å². The van der Waals surface area contributed by atoms with Crippen molar-refractivity contribution in [3.8, 4) is 5.75 Å². The number of fused-ring (bicyclic) bond motifs is 3. The summed E-state index contributed by atoms with van der Waals surface area (Å²) >= 11 is 0. The third-order valence-corrected chi connectivity index (χ3v) is 6.80. The molecule has 3 aliphatic rings. The van der Waals surface area contributed by atoms with E-state index in [9.17, 15) is 0 Å². The lowest BCUT2D eigenvalue weighted by Gasteiger charge is -2.29. The van der Waals surface area contributed by atoms with Crippen molar-refractivity contribution in [3.63, 3.8) is 0 Å².